The van der Waals surface area contributed by atoms with Crippen LogP contribution in [0.1, 0.15) is 114 Å². The van der Waals surface area contributed by atoms with Gasteiger partial charge in [0.25, 0.3) is 0 Å². The van der Waals surface area contributed by atoms with Crippen molar-refractivity contribution < 1.29 is 99.4 Å². The Morgan fingerprint density at radius 2 is 0.854 bits per heavy atom. The van der Waals surface area contributed by atoms with Gasteiger partial charge >= 0.3 is 12.2 Å². The first-order valence-corrected chi connectivity index (χ1v) is 25.7. The van der Waals surface area contributed by atoms with E-state index in [4.69, 9.17) is 40.0 Å². The normalized spacial score (nSPS) is 19.9. The predicted molar refractivity (Wildman–Crippen MR) is 266 cm³/mol. The maximum atomic E-state index is 14.6. The Bertz CT molecular complexity index is 3050. The van der Waals surface area contributed by atoms with Gasteiger partial charge in [-0.3, -0.25) is 4.98 Å². The Labute approximate surface area is 466 Å². The lowest BCUT2D eigenvalue weighted by Crippen LogP contribution is -2.41. The van der Waals surface area contributed by atoms with E-state index in [2.05, 4.69) is 33.3 Å². The number of benzene rings is 4. The Balaban J connectivity index is 0.000000189. The van der Waals surface area contributed by atoms with Crippen LogP contribution in [-0.4, -0.2) is 47.6 Å². The molecule has 0 radical (unpaired) electrons. The van der Waals surface area contributed by atoms with Crippen molar-refractivity contribution >= 4 is 11.6 Å². The zero-order valence-electron chi connectivity index (χ0n) is 44.5. The molecule has 3 saturated heterocycles. The summed E-state index contributed by atoms with van der Waals surface area (Å²) in [4.78, 5) is 8.13. The second kappa shape index (κ2) is 26.2. The van der Waals surface area contributed by atoms with Crippen LogP contribution in [0.3, 0.4) is 0 Å². The van der Waals surface area contributed by atoms with Crippen molar-refractivity contribution in [2.45, 2.75) is 110 Å². The zero-order valence-corrected chi connectivity index (χ0v) is 45.2. The van der Waals surface area contributed by atoms with E-state index < -0.39 is 117 Å². The number of rotatable bonds is 14. The molecule has 25 heteroatoms. The number of hydrogen-bond donors (Lipinski definition) is 0. The number of aromatic nitrogens is 2. The topological polar surface area (TPSA) is 99.6 Å². The maximum absolute atomic E-state index is 14.6. The van der Waals surface area contributed by atoms with Crippen LogP contribution in [0.15, 0.2) is 85.2 Å². The van der Waals surface area contributed by atoms with Gasteiger partial charge in [0, 0.05) is 70.7 Å². The average molecular weight is 1200 g/mol. The number of halogens is 15. The molecule has 10 nitrogen and oxygen atoms in total. The highest BCUT2D eigenvalue weighted by atomic mass is 35.5. The van der Waals surface area contributed by atoms with Crippen LogP contribution in [0.25, 0.3) is 11.3 Å². The lowest BCUT2D eigenvalue weighted by atomic mass is 9.90. The van der Waals surface area contributed by atoms with E-state index in [9.17, 15) is 61.5 Å². The monoisotopic (exact) mass is 1190 g/mol. The molecule has 3 fully saturated rings. The molecule has 9 rings (SSSR count). The van der Waals surface area contributed by atoms with Crippen LogP contribution in [0.5, 0.6) is 11.5 Å². The van der Waals surface area contributed by atoms with Crippen molar-refractivity contribution in [2.24, 2.45) is 11.8 Å². The number of alkyl halides is 4. The molecule has 3 aliphatic rings. The molecule has 6 aromatic rings. The van der Waals surface area contributed by atoms with Crippen LogP contribution >= 0.6 is 11.6 Å². The van der Waals surface area contributed by atoms with E-state index >= 15 is 0 Å². The smallest absolute Gasteiger partial charge is 0.429 e. The third kappa shape index (κ3) is 15.1. The summed E-state index contributed by atoms with van der Waals surface area (Å²) < 4.78 is 237. The van der Waals surface area contributed by atoms with E-state index in [1.807, 2.05) is 6.07 Å². The van der Waals surface area contributed by atoms with E-state index in [1.165, 1.54) is 18.7 Å². The fourth-order valence-corrected chi connectivity index (χ4v) is 8.54. The summed E-state index contributed by atoms with van der Waals surface area (Å²) in [5, 5.41) is 0.489. The largest absolute Gasteiger partial charge is 0.432 e. The SMILES string of the molecule is CC1(C)OC(c2cc(F)c(C(F)(F)Oc3cc(F)c(F)c(F)c3)c(F)c2)OC1(C)C.CCCC1COC(c2ccc(-c3cc(F)c(C(F)(F)Oc4cc(F)c(F)c(F)c4)c(F)c3)nc2)OC1.CCCC1COC(c2ccc(Cl)nc2)OC1. The number of nitrogens with zero attached hydrogens (tertiary/aromatic N) is 2. The molecule has 3 aliphatic heterocycles. The van der Waals surface area contributed by atoms with Crippen LogP contribution < -0.4 is 9.47 Å². The van der Waals surface area contributed by atoms with Crippen LogP contribution in [0.4, 0.5) is 61.5 Å². The minimum absolute atomic E-state index is 0.0784. The minimum Gasteiger partial charge on any atom is -0.429 e. The Kier molecular flexibility index (Phi) is 20.3. The lowest BCUT2D eigenvalue weighted by molar-refractivity contribution is -0.206. The molecule has 4 aromatic carbocycles. The van der Waals surface area contributed by atoms with Crippen molar-refractivity contribution in [1.29, 1.82) is 0 Å². The third-order valence-electron chi connectivity index (χ3n) is 13.3. The first-order valence-electron chi connectivity index (χ1n) is 25.3. The van der Waals surface area contributed by atoms with Crippen molar-refractivity contribution in [3.8, 4) is 22.8 Å². The summed E-state index contributed by atoms with van der Waals surface area (Å²) in [6.07, 6.45) is -4.09. The third-order valence-corrected chi connectivity index (χ3v) is 13.5. The molecule has 0 N–H and O–H groups in total. The predicted octanol–water partition coefficient (Wildman–Crippen LogP) is 16.3. The van der Waals surface area contributed by atoms with Gasteiger partial charge in [-0.25, -0.2) is 48.9 Å². The Morgan fingerprint density at radius 1 is 0.488 bits per heavy atom. The molecule has 2 aromatic heterocycles. The molecule has 0 unspecified atom stereocenters. The summed E-state index contributed by atoms with van der Waals surface area (Å²) in [5.41, 5.74) is -4.03. The molecule has 0 aliphatic carbocycles. The highest BCUT2D eigenvalue weighted by molar-refractivity contribution is 6.29. The van der Waals surface area contributed by atoms with E-state index in [1.54, 1.807) is 46.0 Å². The fraction of sp³-hybridized carbons (Fsp3) is 0.404. The van der Waals surface area contributed by atoms with Gasteiger partial charge in [0.2, 0.25) is 0 Å². The van der Waals surface area contributed by atoms with Gasteiger partial charge in [-0.15, -0.1) is 0 Å². The zero-order chi connectivity index (χ0) is 60.1. The van der Waals surface area contributed by atoms with Crippen molar-refractivity contribution in [1.82, 2.24) is 9.97 Å². The van der Waals surface area contributed by atoms with Gasteiger partial charge in [0.1, 0.15) is 51.0 Å². The molecule has 5 heterocycles. The first kappa shape index (κ1) is 63.4. The first-order chi connectivity index (χ1) is 38.5. The molecular weight excluding hydrogens is 1140 g/mol. The quantitative estimate of drug-likeness (QED) is 0.0595. The summed E-state index contributed by atoms with van der Waals surface area (Å²) in [6, 6.07) is 9.56. The Hall–Kier alpha value is -6.15. The Morgan fingerprint density at radius 3 is 1.20 bits per heavy atom. The number of ether oxygens (including phenoxy) is 8. The van der Waals surface area contributed by atoms with Gasteiger partial charge in [0.15, 0.2) is 53.8 Å². The molecule has 82 heavy (non-hydrogen) atoms. The van der Waals surface area contributed by atoms with Crippen molar-refractivity contribution in [3.05, 3.63) is 176 Å². The highest BCUT2D eigenvalue weighted by Crippen LogP contribution is 2.46. The van der Waals surface area contributed by atoms with Crippen LogP contribution in [0.2, 0.25) is 5.15 Å². The summed E-state index contributed by atoms with van der Waals surface area (Å²) >= 11 is 5.72. The summed E-state index contributed by atoms with van der Waals surface area (Å²) in [5.74, 6) is -19.3. The lowest BCUT2D eigenvalue weighted by Gasteiger charge is -2.30. The van der Waals surface area contributed by atoms with E-state index in [0.29, 0.717) is 60.0 Å². The minimum atomic E-state index is -4.67. The second-order valence-electron chi connectivity index (χ2n) is 20.1. The highest BCUT2D eigenvalue weighted by Gasteiger charge is 2.51. The molecule has 0 amide bonds. The van der Waals surface area contributed by atoms with Gasteiger partial charge in [0.05, 0.1) is 43.3 Å². The van der Waals surface area contributed by atoms with Gasteiger partial charge < -0.3 is 37.9 Å². The van der Waals surface area contributed by atoms with Crippen LogP contribution in [0, 0.1) is 70.0 Å². The van der Waals surface area contributed by atoms with Crippen molar-refractivity contribution in [2.75, 3.05) is 26.4 Å². The van der Waals surface area contributed by atoms with Gasteiger partial charge in [-0.2, -0.15) is 17.6 Å². The van der Waals surface area contributed by atoms with E-state index in [0.717, 1.165) is 38.0 Å². The second-order valence-corrected chi connectivity index (χ2v) is 20.5. The van der Waals surface area contributed by atoms with Crippen molar-refractivity contribution in [3.63, 3.8) is 0 Å². The summed E-state index contributed by atoms with van der Waals surface area (Å²) in [6.45, 7) is 13.6. The standard InChI is InChI=1S/C25H20F7NO3.C20H17F7O3.C12H16ClNO2/c1-2-3-13-11-34-24(35-12-13)14-4-5-21(33-10-14)15-6-17(26)22(18(27)7-15)25(31,32)36-16-8-19(28)23(30)20(29)9-16;1-18(2)19(3,4)30-17(29-18)9-5-11(21)15(12(22)6-9)20(26,27)28-10-7-13(23)16(25)14(24)8-10;1-2-3-9-7-15-12(16-8-9)10-4-5-11(13)14-6-10/h4-10,13,24H,2-3,11-12H2,1H3;5-8,17H,1-4H3;4-6,9,12H,2-3,7-8H2,1H3. The molecule has 0 spiro atoms. The van der Waals surface area contributed by atoms with Gasteiger partial charge in [-0.05, 0) is 83.0 Å². The fourth-order valence-electron chi connectivity index (χ4n) is 8.43. The summed E-state index contributed by atoms with van der Waals surface area (Å²) in [7, 11) is 0. The maximum Gasteiger partial charge on any atom is 0.432 e. The van der Waals surface area contributed by atoms with E-state index in [-0.39, 0.29) is 47.4 Å². The molecule has 444 valence electrons. The number of hydrogen-bond acceptors (Lipinski definition) is 10. The van der Waals surface area contributed by atoms with Crippen LogP contribution in [-0.2, 0) is 40.6 Å². The average Bonchev–Trinajstić information content (AvgIpc) is 2.83. The molecule has 0 bridgehead atoms. The molecule has 0 atom stereocenters. The molecular formula is C57H53ClF14N2O8. The molecule has 0 saturated carbocycles. The van der Waals surface area contributed by atoms with Gasteiger partial charge in [-0.1, -0.05) is 44.4 Å². The number of pyridine rings is 2.